The van der Waals surface area contributed by atoms with Gasteiger partial charge >= 0.3 is 0 Å². The molecule has 0 aliphatic heterocycles. The summed E-state index contributed by atoms with van der Waals surface area (Å²) in [5.74, 6) is 0. The smallest absolute Gasteiger partial charge is 0.00330 e. The summed E-state index contributed by atoms with van der Waals surface area (Å²) >= 11 is 0. The molecular weight excluding hydrogens is 230 g/mol. The van der Waals surface area contributed by atoms with Crippen LogP contribution in [-0.2, 0) is 0 Å². The van der Waals surface area contributed by atoms with Crippen molar-refractivity contribution >= 4 is 0 Å². The van der Waals surface area contributed by atoms with Gasteiger partial charge in [0.2, 0.25) is 0 Å². The highest BCUT2D eigenvalue weighted by atomic mass is 15.1. The highest BCUT2D eigenvalue weighted by Gasteiger charge is 2.28. The summed E-state index contributed by atoms with van der Waals surface area (Å²) in [6.07, 6.45) is 3.76. The van der Waals surface area contributed by atoms with Crippen LogP contribution >= 0.6 is 0 Å². The lowest BCUT2D eigenvalue weighted by Gasteiger charge is -2.41. The van der Waals surface area contributed by atoms with Crippen LogP contribution in [0.5, 0.6) is 0 Å². The number of rotatable bonds is 9. The third-order valence-electron chi connectivity index (χ3n) is 4.83. The Morgan fingerprint density at radius 2 is 0.737 bits per heavy atom. The van der Waals surface area contributed by atoms with Crippen molar-refractivity contribution in [3.63, 3.8) is 0 Å². The number of hydrogen-bond donors (Lipinski definition) is 0. The lowest BCUT2D eigenvalue weighted by atomic mass is 9.83. The Labute approximate surface area is 123 Å². The van der Waals surface area contributed by atoms with E-state index in [9.17, 15) is 0 Å². The van der Waals surface area contributed by atoms with Gasteiger partial charge in [-0.1, -0.05) is 62.3 Å². The zero-order valence-electron chi connectivity index (χ0n) is 15.2. The second-order valence-electron chi connectivity index (χ2n) is 8.70. The molecule has 0 saturated carbocycles. The minimum Gasteiger partial charge on any atom is -0.302 e. The predicted molar refractivity (Wildman–Crippen MR) is 88.7 cm³/mol. The minimum absolute atomic E-state index is 0.424. The fourth-order valence-electron chi connectivity index (χ4n) is 2.32. The van der Waals surface area contributed by atoms with Crippen LogP contribution in [0.4, 0.5) is 0 Å². The van der Waals surface area contributed by atoms with Crippen molar-refractivity contribution in [3.8, 4) is 0 Å². The largest absolute Gasteiger partial charge is 0.302 e. The van der Waals surface area contributed by atoms with Crippen LogP contribution in [0.25, 0.3) is 0 Å². The first-order valence-corrected chi connectivity index (χ1v) is 8.19. The summed E-state index contributed by atoms with van der Waals surface area (Å²) in [6.45, 7) is 25.0. The lowest BCUT2D eigenvalue weighted by Crippen LogP contribution is -2.44. The topological polar surface area (TPSA) is 3.24 Å². The molecule has 0 rings (SSSR count). The van der Waals surface area contributed by atoms with Gasteiger partial charge in [0.15, 0.2) is 0 Å². The van der Waals surface area contributed by atoms with E-state index in [2.05, 4.69) is 67.2 Å². The van der Waals surface area contributed by atoms with E-state index in [0.717, 1.165) is 0 Å². The van der Waals surface area contributed by atoms with Crippen molar-refractivity contribution in [2.24, 2.45) is 16.2 Å². The normalized spacial score (nSPS) is 14.2. The van der Waals surface area contributed by atoms with Gasteiger partial charge in [-0.3, -0.25) is 0 Å². The van der Waals surface area contributed by atoms with Gasteiger partial charge in [-0.15, -0.1) is 0 Å². The van der Waals surface area contributed by atoms with E-state index < -0.39 is 0 Å². The van der Waals surface area contributed by atoms with Crippen LogP contribution in [0.2, 0.25) is 0 Å². The maximum atomic E-state index is 2.72. The van der Waals surface area contributed by atoms with Crippen LogP contribution in [0.3, 0.4) is 0 Å². The summed E-state index contributed by atoms with van der Waals surface area (Å²) in [6, 6.07) is 0. The Morgan fingerprint density at radius 1 is 0.526 bits per heavy atom. The highest BCUT2D eigenvalue weighted by molar-refractivity contribution is 4.82. The van der Waals surface area contributed by atoms with Gasteiger partial charge in [0.25, 0.3) is 0 Å². The molecule has 0 atom stereocenters. The van der Waals surface area contributed by atoms with Gasteiger partial charge in [0, 0.05) is 19.6 Å². The van der Waals surface area contributed by atoms with Crippen LogP contribution in [0, 0.1) is 16.2 Å². The molecule has 116 valence electrons. The molecule has 0 aromatic carbocycles. The van der Waals surface area contributed by atoms with Crippen LogP contribution in [0.15, 0.2) is 0 Å². The van der Waals surface area contributed by atoms with Gasteiger partial charge in [-0.25, -0.2) is 0 Å². The van der Waals surface area contributed by atoms with Crippen molar-refractivity contribution in [1.29, 1.82) is 0 Å². The van der Waals surface area contributed by atoms with Crippen molar-refractivity contribution in [3.05, 3.63) is 0 Å². The van der Waals surface area contributed by atoms with Gasteiger partial charge in [-0.05, 0) is 35.5 Å². The molecule has 0 aliphatic carbocycles. The van der Waals surface area contributed by atoms with Crippen LogP contribution < -0.4 is 0 Å². The second-order valence-corrected chi connectivity index (χ2v) is 8.70. The van der Waals surface area contributed by atoms with E-state index in [1.807, 2.05) is 0 Å². The van der Waals surface area contributed by atoms with E-state index in [1.54, 1.807) is 0 Å². The zero-order chi connectivity index (χ0) is 15.3. The molecule has 0 amide bonds. The summed E-state index contributed by atoms with van der Waals surface area (Å²) in [4.78, 5) is 2.72. The first kappa shape index (κ1) is 19.0. The van der Waals surface area contributed by atoms with Gasteiger partial charge in [0.05, 0.1) is 0 Å². The Kier molecular flexibility index (Phi) is 7.09. The summed E-state index contributed by atoms with van der Waals surface area (Å²) < 4.78 is 0. The molecule has 0 fully saturated rings. The maximum Gasteiger partial charge on any atom is 0.00330 e. The van der Waals surface area contributed by atoms with E-state index in [0.29, 0.717) is 16.2 Å². The minimum atomic E-state index is 0.424. The monoisotopic (exact) mass is 269 g/mol. The molecule has 0 aromatic rings. The molecule has 1 nitrogen and oxygen atoms in total. The maximum absolute atomic E-state index is 2.72. The van der Waals surface area contributed by atoms with E-state index >= 15 is 0 Å². The Balaban J connectivity index is 4.84. The molecule has 0 aliphatic rings. The molecule has 0 saturated heterocycles. The average molecular weight is 270 g/mol. The molecule has 0 heterocycles. The molecule has 0 bridgehead atoms. The summed E-state index contributed by atoms with van der Waals surface area (Å²) in [5, 5.41) is 0. The third-order valence-corrected chi connectivity index (χ3v) is 4.83. The Hall–Kier alpha value is -0.0400. The van der Waals surface area contributed by atoms with Crippen molar-refractivity contribution in [1.82, 2.24) is 4.90 Å². The molecular formula is C18H39N. The molecule has 19 heavy (non-hydrogen) atoms. The van der Waals surface area contributed by atoms with Crippen LogP contribution in [0.1, 0.15) is 81.6 Å². The quantitative estimate of drug-likeness (QED) is 0.527. The molecule has 0 N–H and O–H groups in total. The fraction of sp³-hybridized carbons (Fsp3) is 1.00. The highest BCUT2D eigenvalue weighted by Crippen LogP contribution is 2.30. The number of nitrogens with zero attached hydrogens (tertiary/aromatic N) is 1. The van der Waals surface area contributed by atoms with Gasteiger partial charge in [0.1, 0.15) is 0 Å². The van der Waals surface area contributed by atoms with Crippen molar-refractivity contribution < 1.29 is 0 Å². The van der Waals surface area contributed by atoms with Crippen molar-refractivity contribution in [2.75, 3.05) is 19.6 Å². The first-order valence-electron chi connectivity index (χ1n) is 8.19. The fourth-order valence-corrected chi connectivity index (χ4v) is 2.32. The molecule has 0 spiro atoms. The SMILES string of the molecule is CCC(C)(C)CN(CC(C)(C)CC)CC(C)(C)CC. The Bertz CT molecular complexity index is 208. The summed E-state index contributed by atoms with van der Waals surface area (Å²) in [7, 11) is 0. The van der Waals surface area contributed by atoms with Crippen LogP contribution in [-0.4, -0.2) is 24.5 Å². The third kappa shape index (κ3) is 7.97. The van der Waals surface area contributed by atoms with Gasteiger partial charge < -0.3 is 4.90 Å². The first-order chi connectivity index (χ1) is 8.47. The standard InChI is InChI=1S/C18H39N/c1-10-16(4,5)13-19(14-17(6,7)11-2)15-18(8,9)12-3/h10-15H2,1-9H3. The molecule has 0 unspecified atom stereocenters. The summed E-state index contributed by atoms with van der Waals surface area (Å²) in [5.41, 5.74) is 1.27. The second kappa shape index (κ2) is 7.11. The van der Waals surface area contributed by atoms with Gasteiger partial charge in [-0.2, -0.15) is 0 Å². The van der Waals surface area contributed by atoms with E-state index in [-0.39, 0.29) is 0 Å². The molecule has 0 radical (unpaired) electrons. The van der Waals surface area contributed by atoms with Crippen molar-refractivity contribution in [2.45, 2.75) is 81.6 Å². The van der Waals surface area contributed by atoms with E-state index in [4.69, 9.17) is 0 Å². The molecule has 1 heteroatoms. The lowest BCUT2D eigenvalue weighted by molar-refractivity contribution is 0.0806. The number of hydrogen-bond acceptors (Lipinski definition) is 1. The molecule has 0 aromatic heterocycles. The zero-order valence-corrected chi connectivity index (χ0v) is 15.2. The Morgan fingerprint density at radius 3 is 0.895 bits per heavy atom. The van der Waals surface area contributed by atoms with E-state index in [1.165, 1.54) is 38.9 Å². The average Bonchev–Trinajstić information content (AvgIpc) is 2.27. The predicted octanol–water partition coefficient (Wildman–Crippen LogP) is 5.60.